The SMILES string of the molecule is Cc1cc2ccc3ccccc3c2cc1-c1ccc2c(CC(C)C)cccc2[n+]1C. The van der Waals surface area contributed by atoms with Crippen LogP contribution in [0.15, 0.2) is 78.9 Å². The molecule has 0 N–H and O–H groups in total. The third kappa shape index (κ3) is 3.06. The smallest absolute Gasteiger partial charge is 0.194 e. The van der Waals surface area contributed by atoms with Crippen molar-refractivity contribution < 1.29 is 4.57 Å². The lowest BCUT2D eigenvalue weighted by Gasteiger charge is -2.12. The van der Waals surface area contributed by atoms with Crippen molar-refractivity contribution in [1.82, 2.24) is 0 Å². The summed E-state index contributed by atoms with van der Waals surface area (Å²) in [6.07, 6.45) is 1.11. The summed E-state index contributed by atoms with van der Waals surface area (Å²) in [7, 11) is 2.20. The molecule has 0 fully saturated rings. The van der Waals surface area contributed by atoms with Gasteiger partial charge in [-0.3, -0.25) is 0 Å². The van der Waals surface area contributed by atoms with Crippen LogP contribution in [0.2, 0.25) is 0 Å². The van der Waals surface area contributed by atoms with Gasteiger partial charge in [0.25, 0.3) is 0 Å². The Morgan fingerprint density at radius 3 is 2.37 bits per heavy atom. The van der Waals surface area contributed by atoms with E-state index in [2.05, 4.69) is 111 Å². The molecule has 1 heterocycles. The first kappa shape index (κ1) is 18.8. The maximum Gasteiger partial charge on any atom is 0.213 e. The van der Waals surface area contributed by atoms with Crippen molar-refractivity contribution in [2.24, 2.45) is 13.0 Å². The molecule has 1 aromatic heterocycles. The Morgan fingerprint density at radius 2 is 1.53 bits per heavy atom. The number of hydrogen-bond acceptors (Lipinski definition) is 0. The molecule has 0 spiro atoms. The molecule has 0 aliphatic rings. The van der Waals surface area contributed by atoms with E-state index in [0.717, 1.165) is 6.42 Å². The zero-order valence-electron chi connectivity index (χ0n) is 18.2. The zero-order valence-corrected chi connectivity index (χ0v) is 18.2. The topological polar surface area (TPSA) is 3.88 Å². The lowest BCUT2D eigenvalue weighted by molar-refractivity contribution is -0.633. The Labute approximate surface area is 178 Å². The van der Waals surface area contributed by atoms with Gasteiger partial charge in [-0.2, -0.15) is 4.57 Å². The summed E-state index contributed by atoms with van der Waals surface area (Å²) in [5, 5.41) is 6.60. The average molecular weight is 391 g/mol. The number of nitrogens with zero attached hydrogens (tertiary/aromatic N) is 1. The van der Waals surface area contributed by atoms with E-state index in [1.165, 1.54) is 54.8 Å². The number of fused-ring (bicyclic) bond motifs is 4. The summed E-state index contributed by atoms with van der Waals surface area (Å²) >= 11 is 0. The molecule has 1 nitrogen and oxygen atoms in total. The molecule has 5 aromatic rings. The molecular weight excluding hydrogens is 362 g/mol. The lowest BCUT2D eigenvalue weighted by atomic mass is 9.94. The van der Waals surface area contributed by atoms with E-state index >= 15 is 0 Å². The second-order valence-electron chi connectivity index (χ2n) is 8.90. The van der Waals surface area contributed by atoms with Gasteiger partial charge in [0.2, 0.25) is 11.2 Å². The van der Waals surface area contributed by atoms with Crippen molar-refractivity contribution in [3.8, 4) is 11.3 Å². The van der Waals surface area contributed by atoms with Crippen molar-refractivity contribution >= 4 is 32.4 Å². The molecule has 0 amide bonds. The minimum Gasteiger partial charge on any atom is -0.194 e. The molecule has 0 bridgehead atoms. The maximum absolute atomic E-state index is 2.38. The van der Waals surface area contributed by atoms with Crippen LogP contribution in [0.5, 0.6) is 0 Å². The average Bonchev–Trinajstić information content (AvgIpc) is 2.74. The quantitative estimate of drug-likeness (QED) is 0.228. The predicted molar refractivity (Wildman–Crippen MR) is 129 cm³/mol. The molecule has 0 aliphatic heterocycles. The summed E-state index contributed by atoms with van der Waals surface area (Å²) < 4.78 is 2.36. The molecule has 0 atom stereocenters. The third-order valence-corrected chi connectivity index (χ3v) is 6.30. The lowest BCUT2D eigenvalue weighted by Crippen LogP contribution is -2.32. The van der Waals surface area contributed by atoms with E-state index in [1.807, 2.05) is 0 Å². The fraction of sp³-hybridized carbons (Fsp3) is 0.207. The number of aryl methyl sites for hydroxylation is 2. The number of aromatic nitrogens is 1. The van der Waals surface area contributed by atoms with Crippen molar-refractivity contribution in [2.75, 3.05) is 0 Å². The van der Waals surface area contributed by atoms with Crippen LogP contribution in [0.4, 0.5) is 0 Å². The van der Waals surface area contributed by atoms with E-state index < -0.39 is 0 Å². The minimum atomic E-state index is 0.650. The van der Waals surface area contributed by atoms with Crippen LogP contribution in [0.3, 0.4) is 0 Å². The van der Waals surface area contributed by atoms with Crippen molar-refractivity contribution in [3.05, 3.63) is 90.0 Å². The number of pyridine rings is 1. The van der Waals surface area contributed by atoms with Crippen LogP contribution in [-0.2, 0) is 13.5 Å². The molecular formula is C29H28N+. The Morgan fingerprint density at radius 1 is 0.733 bits per heavy atom. The van der Waals surface area contributed by atoms with Gasteiger partial charge in [-0.15, -0.1) is 0 Å². The molecule has 0 aliphatic carbocycles. The Balaban J connectivity index is 1.76. The van der Waals surface area contributed by atoms with Crippen LogP contribution in [0.1, 0.15) is 25.0 Å². The first-order chi connectivity index (χ1) is 14.5. The highest BCUT2D eigenvalue weighted by atomic mass is 14.9. The molecule has 0 saturated carbocycles. The highest BCUT2D eigenvalue weighted by Crippen LogP contribution is 2.32. The van der Waals surface area contributed by atoms with Gasteiger partial charge in [-0.05, 0) is 64.1 Å². The Bertz CT molecular complexity index is 1410. The highest BCUT2D eigenvalue weighted by Gasteiger charge is 2.18. The molecule has 5 rings (SSSR count). The number of hydrogen-bond donors (Lipinski definition) is 0. The third-order valence-electron chi connectivity index (χ3n) is 6.30. The number of rotatable bonds is 3. The van der Waals surface area contributed by atoms with Gasteiger partial charge in [0.1, 0.15) is 7.05 Å². The van der Waals surface area contributed by atoms with Gasteiger partial charge in [0.15, 0.2) is 0 Å². The van der Waals surface area contributed by atoms with Crippen LogP contribution in [0.25, 0.3) is 43.7 Å². The van der Waals surface area contributed by atoms with Crippen LogP contribution in [0, 0.1) is 12.8 Å². The number of benzene rings is 4. The Hall–Kier alpha value is -3.19. The van der Waals surface area contributed by atoms with E-state index in [9.17, 15) is 0 Å². The van der Waals surface area contributed by atoms with Gasteiger partial charge in [-0.25, -0.2) is 0 Å². The second-order valence-corrected chi connectivity index (χ2v) is 8.90. The maximum atomic E-state index is 2.38. The summed E-state index contributed by atoms with van der Waals surface area (Å²) in [4.78, 5) is 0. The standard InChI is InChI=1S/C29H28N/c1-19(2)16-22-9-7-11-28-25(22)14-15-29(30(28)4)26-18-27-23(17-20(26)3)13-12-21-8-5-6-10-24(21)27/h5-15,17-19H,16H2,1-4H3/q+1. The van der Waals surface area contributed by atoms with E-state index in [4.69, 9.17) is 0 Å². The van der Waals surface area contributed by atoms with Gasteiger partial charge in [-0.1, -0.05) is 68.4 Å². The summed E-state index contributed by atoms with van der Waals surface area (Å²) in [6, 6.07) is 29.2. The summed E-state index contributed by atoms with van der Waals surface area (Å²) in [6.45, 7) is 6.80. The van der Waals surface area contributed by atoms with Gasteiger partial charge >= 0.3 is 0 Å². The van der Waals surface area contributed by atoms with E-state index in [-0.39, 0.29) is 0 Å². The highest BCUT2D eigenvalue weighted by molar-refractivity contribution is 6.09. The fourth-order valence-electron chi connectivity index (χ4n) is 4.82. The summed E-state index contributed by atoms with van der Waals surface area (Å²) in [5.41, 5.74) is 6.61. The van der Waals surface area contributed by atoms with Crippen LogP contribution in [-0.4, -0.2) is 0 Å². The van der Waals surface area contributed by atoms with Gasteiger partial charge in [0.05, 0.1) is 0 Å². The fourth-order valence-corrected chi connectivity index (χ4v) is 4.82. The zero-order chi connectivity index (χ0) is 20.8. The molecule has 0 radical (unpaired) electrons. The minimum absolute atomic E-state index is 0.650. The molecule has 0 saturated heterocycles. The molecule has 0 unspecified atom stereocenters. The molecule has 1 heteroatoms. The predicted octanol–water partition coefficient (Wildman–Crippen LogP) is 7.14. The van der Waals surface area contributed by atoms with Gasteiger partial charge < -0.3 is 0 Å². The van der Waals surface area contributed by atoms with Crippen LogP contribution < -0.4 is 4.57 Å². The van der Waals surface area contributed by atoms with E-state index in [0.29, 0.717) is 5.92 Å². The monoisotopic (exact) mass is 390 g/mol. The summed E-state index contributed by atoms with van der Waals surface area (Å²) in [5.74, 6) is 0.650. The largest absolute Gasteiger partial charge is 0.213 e. The molecule has 4 aromatic carbocycles. The van der Waals surface area contributed by atoms with Crippen molar-refractivity contribution in [2.45, 2.75) is 27.2 Å². The van der Waals surface area contributed by atoms with Crippen molar-refractivity contribution in [3.63, 3.8) is 0 Å². The second kappa shape index (κ2) is 7.25. The van der Waals surface area contributed by atoms with Gasteiger partial charge in [0, 0.05) is 23.1 Å². The van der Waals surface area contributed by atoms with E-state index in [1.54, 1.807) is 0 Å². The molecule has 30 heavy (non-hydrogen) atoms. The Kier molecular flexibility index (Phi) is 4.55. The molecule has 148 valence electrons. The first-order valence-corrected chi connectivity index (χ1v) is 10.9. The van der Waals surface area contributed by atoms with Crippen LogP contribution >= 0.6 is 0 Å². The normalized spacial score (nSPS) is 11.8. The van der Waals surface area contributed by atoms with Crippen molar-refractivity contribution in [1.29, 1.82) is 0 Å². The first-order valence-electron chi connectivity index (χ1n) is 10.9.